The summed E-state index contributed by atoms with van der Waals surface area (Å²) in [5.41, 5.74) is 32.6. The van der Waals surface area contributed by atoms with Crippen LogP contribution in [0.25, 0.3) is 127 Å². The third-order valence-corrected chi connectivity index (χ3v) is 24.4. The molecule has 2 aliphatic heterocycles. The Hall–Kier alpha value is -12.1. The van der Waals surface area contributed by atoms with Crippen LogP contribution in [-0.2, 0) is 27.1 Å². The van der Waals surface area contributed by atoms with Crippen molar-refractivity contribution < 1.29 is 4.42 Å². The average molecular weight is 1440 g/mol. The first-order valence-corrected chi connectivity index (χ1v) is 39.7. The molecule has 2 aliphatic rings. The van der Waals surface area contributed by atoms with Crippen LogP contribution >= 0.6 is 0 Å². The van der Waals surface area contributed by atoms with Gasteiger partial charge in [0.1, 0.15) is 11.2 Å². The zero-order valence-corrected chi connectivity index (χ0v) is 66.4. The van der Waals surface area contributed by atoms with E-state index < -0.39 is 0 Å². The predicted octanol–water partition coefficient (Wildman–Crippen LogP) is 26.8. The summed E-state index contributed by atoms with van der Waals surface area (Å²) in [7, 11) is 0. The normalized spacial score (nSPS) is 13.5. The lowest BCUT2D eigenvalue weighted by Crippen LogP contribution is -2.61. The Balaban J connectivity index is 0.963. The summed E-state index contributed by atoms with van der Waals surface area (Å²) in [6.45, 7) is 34.9. The Bertz CT molecular complexity index is 6760. The Morgan fingerprint density at radius 2 is 0.667 bits per heavy atom. The first kappa shape index (κ1) is 68.2. The third kappa shape index (κ3) is 10.7. The molecule has 0 saturated heterocycles. The third-order valence-electron chi connectivity index (χ3n) is 24.4. The molecule has 111 heavy (non-hydrogen) atoms. The fourth-order valence-corrected chi connectivity index (χ4v) is 18.4. The number of anilines is 6. The summed E-state index contributed by atoms with van der Waals surface area (Å²) in [4.78, 5) is 5.42. The molecule has 0 fully saturated rings. The quantitative estimate of drug-likeness (QED) is 0.149. The highest BCUT2D eigenvalue weighted by Crippen LogP contribution is 2.55. The predicted molar refractivity (Wildman–Crippen MR) is 475 cm³/mol. The van der Waals surface area contributed by atoms with Gasteiger partial charge in [0, 0.05) is 83.1 Å². The van der Waals surface area contributed by atoms with Gasteiger partial charge in [-0.3, -0.25) is 0 Å². The standard InChI is InChI=1S/C104H92BN5O/c1-100(2,3)66-39-48-84-77(55-66)78-56-67(101(4,5)6)40-49-85(78)107(84)72-43-46-81-89(61-72)109(91-53-65(63-29-19-16-20-30-63)54-95-96(91)76-36-26-28-38-94(76)111-95)92-59-70(104(13,14)15)60-93-98(92)105(81)82-47-44-73(108-86-50-41-68(102(7,8)9)57-79(86)80-58-69(103(10,11)12)42-51-87(80)108)62-90(82)110(93)99-74(64-31-21-17-22-32-64)45-52-88-97(99)75-35-25-27-37-83(75)106(88)71-33-23-18-24-34-71/h16-62H,1-15H3. The van der Waals surface area contributed by atoms with Crippen LogP contribution in [0.3, 0.4) is 0 Å². The summed E-state index contributed by atoms with van der Waals surface area (Å²) in [6, 6.07) is 109. The van der Waals surface area contributed by atoms with Gasteiger partial charge in [0.2, 0.25) is 0 Å². The molecule has 6 heterocycles. The highest BCUT2D eigenvalue weighted by molar-refractivity contribution is 7.00. The molecular formula is C104H92BN5O. The van der Waals surface area contributed by atoms with Crippen LogP contribution in [0.4, 0.5) is 34.1 Å². The van der Waals surface area contributed by atoms with E-state index in [-0.39, 0.29) is 33.8 Å². The summed E-state index contributed by atoms with van der Waals surface area (Å²) >= 11 is 0. The summed E-state index contributed by atoms with van der Waals surface area (Å²) in [6.07, 6.45) is 0. The van der Waals surface area contributed by atoms with E-state index in [1.54, 1.807) is 0 Å². The van der Waals surface area contributed by atoms with Crippen molar-refractivity contribution in [2.45, 2.75) is 131 Å². The minimum absolute atomic E-state index is 0.0648. The van der Waals surface area contributed by atoms with Crippen LogP contribution in [0.15, 0.2) is 290 Å². The topological polar surface area (TPSA) is 34.4 Å². The van der Waals surface area contributed by atoms with Gasteiger partial charge in [-0.15, -0.1) is 0 Å². The second kappa shape index (κ2) is 24.2. The van der Waals surface area contributed by atoms with E-state index in [1.165, 1.54) is 98.6 Å². The number of aromatic nitrogens is 3. The highest BCUT2D eigenvalue weighted by atomic mass is 16.3. The highest BCUT2D eigenvalue weighted by Gasteiger charge is 2.46. The van der Waals surface area contributed by atoms with Gasteiger partial charge < -0.3 is 27.9 Å². The number of nitrogens with zero attached hydrogens (tertiary/aromatic N) is 5. The van der Waals surface area contributed by atoms with Crippen molar-refractivity contribution >= 4 is 145 Å². The Kier molecular flexibility index (Phi) is 14.9. The number of benzene rings is 14. The number of hydrogen-bond acceptors (Lipinski definition) is 3. The van der Waals surface area contributed by atoms with E-state index in [4.69, 9.17) is 4.42 Å². The molecular weight excluding hydrogens is 1350 g/mol. The molecule has 14 aromatic carbocycles. The number of para-hydroxylation sites is 3. The SMILES string of the molecule is CC(C)(C)c1cc2c3c(c1)N(c1c(-c4ccccc4)ccc4c1c1ccccc1n4-c1ccccc1)c1cc(-n4c5ccc(C(C)(C)C)cc5c5cc(C(C)(C)C)ccc54)ccc1B3c1ccc(-n3c4ccc(C(C)(C)C)cc4c4cc(C(C)(C)C)ccc43)cc1N2c1cc(-c2ccccc2)cc2oc3ccccc3c12. The second-order valence-electron chi connectivity index (χ2n) is 36.6. The molecule has 7 heteroatoms. The van der Waals surface area contributed by atoms with Gasteiger partial charge in [0.15, 0.2) is 0 Å². The van der Waals surface area contributed by atoms with E-state index >= 15 is 0 Å². The molecule has 0 radical (unpaired) electrons. The van der Waals surface area contributed by atoms with Crippen molar-refractivity contribution in [3.05, 3.63) is 313 Å². The minimum atomic E-state index is -0.356. The monoisotopic (exact) mass is 1440 g/mol. The largest absolute Gasteiger partial charge is 0.456 e. The van der Waals surface area contributed by atoms with Crippen LogP contribution in [-0.4, -0.2) is 20.4 Å². The molecule has 542 valence electrons. The fourth-order valence-electron chi connectivity index (χ4n) is 18.4. The van der Waals surface area contributed by atoms with Gasteiger partial charge in [0.25, 0.3) is 6.71 Å². The summed E-state index contributed by atoms with van der Waals surface area (Å²) in [5, 5.41) is 9.51. The van der Waals surface area contributed by atoms with E-state index in [0.29, 0.717) is 0 Å². The molecule has 0 amide bonds. The Morgan fingerprint density at radius 1 is 0.252 bits per heavy atom. The van der Waals surface area contributed by atoms with E-state index in [2.05, 4.69) is 412 Å². The van der Waals surface area contributed by atoms with Crippen molar-refractivity contribution in [3.63, 3.8) is 0 Å². The maximum absolute atomic E-state index is 7.20. The molecule has 0 bridgehead atoms. The zero-order valence-electron chi connectivity index (χ0n) is 66.4. The van der Waals surface area contributed by atoms with Crippen molar-refractivity contribution in [1.29, 1.82) is 0 Å². The molecule has 0 atom stereocenters. The molecule has 20 rings (SSSR count). The van der Waals surface area contributed by atoms with E-state index in [9.17, 15) is 0 Å². The van der Waals surface area contributed by atoms with Gasteiger partial charge in [-0.1, -0.05) is 262 Å². The molecule has 0 unspecified atom stereocenters. The van der Waals surface area contributed by atoms with Gasteiger partial charge >= 0.3 is 0 Å². The Morgan fingerprint density at radius 3 is 1.17 bits per heavy atom. The second-order valence-corrected chi connectivity index (χ2v) is 36.6. The first-order valence-electron chi connectivity index (χ1n) is 39.7. The molecule has 6 nitrogen and oxygen atoms in total. The van der Waals surface area contributed by atoms with Crippen molar-refractivity contribution in [2.24, 2.45) is 0 Å². The van der Waals surface area contributed by atoms with Crippen LogP contribution in [0.5, 0.6) is 0 Å². The lowest BCUT2D eigenvalue weighted by molar-refractivity contribution is 0.590. The van der Waals surface area contributed by atoms with Crippen LogP contribution < -0.4 is 26.2 Å². The molecule has 18 aromatic rings. The molecule has 4 aromatic heterocycles. The maximum Gasteiger partial charge on any atom is 0.252 e. The molecule has 0 saturated carbocycles. The number of hydrogen-bond donors (Lipinski definition) is 0. The van der Waals surface area contributed by atoms with Gasteiger partial charge in [0.05, 0.1) is 49.9 Å². The van der Waals surface area contributed by atoms with Crippen molar-refractivity contribution in [3.8, 4) is 39.3 Å². The first-order chi connectivity index (χ1) is 53.2. The maximum atomic E-state index is 7.20. The van der Waals surface area contributed by atoms with Gasteiger partial charge in [-0.05, 0) is 215 Å². The average Bonchev–Trinajstić information content (AvgIpc) is 1.54. The number of rotatable bonds is 7. The molecule has 0 spiro atoms. The lowest BCUT2D eigenvalue weighted by Gasteiger charge is -2.46. The zero-order chi connectivity index (χ0) is 76.3. The smallest absolute Gasteiger partial charge is 0.252 e. The van der Waals surface area contributed by atoms with Crippen LogP contribution in [0, 0.1) is 0 Å². The number of fused-ring (bicyclic) bond motifs is 16. The molecule has 0 N–H and O–H groups in total. The molecule has 0 aliphatic carbocycles. The van der Waals surface area contributed by atoms with Gasteiger partial charge in [-0.25, -0.2) is 0 Å². The van der Waals surface area contributed by atoms with Crippen LogP contribution in [0.1, 0.15) is 132 Å². The Labute approximate surface area is 651 Å². The van der Waals surface area contributed by atoms with Gasteiger partial charge in [-0.2, -0.15) is 0 Å². The summed E-state index contributed by atoms with van der Waals surface area (Å²) in [5.74, 6) is 0. The lowest BCUT2D eigenvalue weighted by atomic mass is 9.33. The van der Waals surface area contributed by atoms with E-state index in [0.717, 1.165) is 106 Å². The van der Waals surface area contributed by atoms with Crippen LogP contribution in [0.2, 0.25) is 0 Å². The van der Waals surface area contributed by atoms with Crippen molar-refractivity contribution in [2.75, 3.05) is 9.80 Å². The van der Waals surface area contributed by atoms with Crippen molar-refractivity contribution in [1.82, 2.24) is 13.7 Å². The van der Waals surface area contributed by atoms with E-state index in [1.807, 2.05) is 0 Å². The minimum Gasteiger partial charge on any atom is -0.456 e. The summed E-state index contributed by atoms with van der Waals surface area (Å²) < 4.78 is 14.8. The fraction of sp³-hybridized carbons (Fsp3) is 0.192. The number of furan rings is 1.